The predicted molar refractivity (Wildman–Crippen MR) is 96.0 cm³/mol. The lowest BCUT2D eigenvalue weighted by molar-refractivity contribution is -0.137. The molecule has 1 rings (SSSR count). The number of likely N-dealkylation sites (N-methyl/N-ethyl adjacent to an activating group) is 1. The molecule has 0 aliphatic rings. The van der Waals surface area contributed by atoms with Crippen molar-refractivity contribution >= 4 is 12.0 Å². The molecule has 1 aromatic rings. The summed E-state index contributed by atoms with van der Waals surface area (Å²) in [6.07, 6.45) is -5.11. The van der Waals surface area contributed by atoms with Crippen molar-refractivity contribution in [2.45, 2.75) is 52.4 Å². The predicted octanol–water partition coefficient (Wildman–Crippen LogP) is 4.39. The summed E-state index contributed by atoms with van der Waals surface area (Å²) in [6.45, 7) is 8.45. The van der Waals surface area contributed by atoms with Crippen molar-refractivity contribution < 1.29 is 27.5 Å². The number of amides is 2. The largest absolute Gasteiger partial charge is 0.444 e. The quantitative estimate of drug-likeness (QED) is 0.814. The van der Waals surface area contributed by atoms with Crippen LogP contribution in [0.2, 0.25) is 0 Å². The first-order chi connectivity index (χ1) is 12.2. The van der Waals surface area contributed by atoms with Gasteiger partial charge in [0.25, 0.3) is 0 Å². The number of nitrogens with one attached hydrogen (secondary N) is 1. The van der Waals surface area contributed by atoms with Gasteiger partial charge in [0.2, 0.25) is 5.91 Å². The van der Waals surface area contributed by atoms with Crippen molar-refractivity contribution in [3.8, 4) is 0 Å². The van der Waals surface area contributed by atoms with Crippen molar-refractivity contribution in [3.05, 3.63) is 35.4 Å². The van der Waals surface area contributed by atoms with Crippen molar-refractivity contribution in [1.29, 1.82) is 0 Å². The third kappa shape index (κ3) is 7.48. The zero-order chi connectivity index (χ0) is 21.0. The summed E-state index contributed by atoms with van der Waals surface area (Å²) in [6, 6.07) is 4.25. The molecule has 0 heterocycles. The molecule has 2 amide bonds. The minimum atomic E-state index is -4.46. The van der Waals surface area contributed by atoms with E-state index < -0.39 is 35.4 Å². The monoisotopic (exact) mass is 388 g/mol. The molecule has 5 nitrogen and oxygen atoms in total. The molecule has 0 spiro atoms. The van der Waals surface area contributed by atoms with Gasteiger partial charge in [-0.2, -0.15) is 13.2 Å². The summed E-state index contributed by atoms with van der Waals surface area (Å²) in [5.41, 5.74) is -1.11. The van der Waals surface area contributed by atoms with Gasteiger partial charge < -0.3 is 15.0 Å². The van der Waals surface area contributed by atoms with E-state index >= 15 is 0 Å². The van der Waals surface area contributed by atoms with Crippen LogP contribution in [0.5, 0.6) is 0 Å². The molecule has 0 aromatic heterocycles. The van der Waals surface area contributed by atoms with Gasteiger partial charge in [-0.15, -0.1) is 0 Å². The molecule has 0 radical (unpaired) electrons. The molecule has 1 unspecified atom stereocenters. The van der Waals surface area contributed by atoms with Crippen LogP contribution in [-0.2, 0) is 15.7 Å². The lowest BCUT2D eigenvalue weighted by Crippen LogP contribution is -2.42. The average Bonchev–Trinajstić information content (AvgIpc) is 2.50. The topological polar surface area (TPSA) is 58.6 Å². The van der Waals surface area contributed by atoms with E-state index in [0.29, 0.717) is 5.56 Å². The summed E-state index contributed by atoms with van der Waals surface area (Å²) >= 11 is 0. The lowest BCUT2D eigenvalue weighted by Gasteiger charge is -2.27. The second-order valence-corrected chi connectivity index (χ2v) is 7.75. The number of hydrogen-bond acceptors (Lipinski definition) is 3. The third-order valence-corrected chi connectivity index (χ3v) is 3.64. The first-order valence-corrected chi connectivity index (χ1v) is 8.61. The van der Waals surface area contributed by atoms with Crippen LogP contribution in [0, 0.1) is 5.92 Å². The van der Waals surface area contributed by atoms with E-state index in [-0.39, 0.29) is 12.5 Å². The maximum absolute atomic E-state index is 12.9. The van der Waals surface area contributed by atoms with Crippen LogP contribution >= 0.6 is 0 Å². The van der Waals surface area contributed by atoms with Gasteiger partial charge in [0.1, 0.15) is 12.1 Å². The number of nitrogens with zero attached hydrogens (tertiary/aromatic N) is 1. The van der Waals surface area contributed by atoms with Crippen LogP contribution in [0.4, 0.5) is 18.0 Å². The molecule has 0 saturated carbocycles. The highest BCUT2D eigenvalue weighted by Crippen LogP contribution is 2.32. The Morgan fingerprint density at radius 1 is 1.19 bits per heavy atom. The number of carbonyl (C=O) groups excluding carboxylic acids is 2. The maximum atomic E-state index is 12.9. The summed E-state index contributed by atoms with van der Waals surface area (Å²) in [7, 11) is 1.42. The molecule has 0 aliphatic heterocycles. The van der Waals surface area contributed by atoms with Gasteiger partial charge in [0.05, 0.1) is 11.6 Å². The van der Waals surface area contributed by atoms with E-state index in [1.807, 2.05) is 0 Å². The van der Waals surface area contributed by atoms with Gasteiger partial charge in [-0.1, -0.05) is 26.0 Å². The van der Waals surface area contributed by atoms with E-state index in [1.165, 1.54) is 19.2 Å². The summed E-state index contributed by atoms with van der Waals surface area (Å²) in [5, 5.41) is 2.70. The second kappa shape index (κ2) is 8.63. The zero-order valence-corrected chi connectivity index (χ0v) is 16.5. The number of carbonyl (C=O) groups is 2. The molecular formula is C19H27F3N2O3. The fraction of sp³-hybridized carbons (Fsp3) is 0.579. The van der Waals surface area contributed by atoms with E-state index in [2.05, 4.69) is 5.32 Å². The Bertz CT molecular complexity index is 667. The van der Waals surface area contributed by atoms with Crippen molar-refractivity contribution in [1.82, 2.24) is 10.2 Å². The summed E-state index contributed by atoms with van der Waals surface area (Å²) < 4.78 is 44.0. The first kappa shape index (κ1) is 22.8. The minimum absolute atomic E-state index is 0.149. The number of alkyl halides is 3. The van der Waals surface area contributed by atoms with Gasteiger partial charge >= 0.3 is 12.3 Å². The average molecular weight is 388 g/mol. The van der Waals surface area contributed by atoms with Gasteiger partial charge in [-0.05, 0) is 44.4 Å². The van der Waals surface area contributed by atoms with Crippen LogP contribution < -0.4 is 5.32 Å². The van der Waals surface area contributed by atoms with Crippen molar-refractivity contribution in [3.63, 3.8) is 0 Å². The van der Waals surface area contributed by atoms with E-state index in [4.69, 9.17) is 4.74 Å². The van der Waals surface area contributed by atoms with Gasteiger partial charge in [-0.3, -0.25) is 4.79 Å². The maximum Gasteiger partial charge on any atom is 0.416 e. The molecule has 1 atom stereocenters. The molecule has 1 aromatic carbocycles. The molecule has 1 N–H and O–H groups in total. The Morgan fingerprint density at radius 3 is 2.26 bits per heavy atom. The van der Waals surface area contributed by atoms with Crippen molar-refractivity contribution in [2.75, 3.05) is 13.6 Å². The summed E-state index contributed by atoms with van der Waals surface area (Å²) in [4.78, 5) is 25.4. The van der Waals surface area contributed by atoms with E-state index in [1.54, 1.807) is 34.6 Å². The van der Waals surface area contributed by atoms with Crippen molar-refractivity contribution in [2.24, 2.45) is 5.92 Å². The molecule has 27 heavy (non-hydrogen) atoms. The highest BCUT2D eigenvalue weighted by molar-refractivity contribution is 5.82. The molecular weight excluding hydrogens is 361 g/mol. The van der Waals surface area contributed by atoms with Crippen LogP contribution in [0.3, 0.4) is 0 Å². The van der Waals surface area contributed by atoms with Crippen LogP contribution in [0.1, 0.15) is 51.8 Å². The number of rotatable bonds is 5. The number of hydrogen-bond donors (Lipinski definition) is 1. The number of ether oxygens (including phenoxy) is 1. The molecule has 0 aliphatic carbocycles. The number of halogens is 3. The Kier molecular flexibility index (Phi) is 7.28. The molecule has 0 saturated heterocycles. The number of benzene rings is 1. The highest BCUT2D eigenvalue weighted by Gasteiger charge is 2.31. The third-order valence-electron chi connectivity index (χ3n) is 3.64. The van der Waals surface area contributed by atoms with Gasteiger partial charge in [0, 0.05) is 7.05 Å². The van der Waals surface area contributed by atoms with Crippen LogP contribution in [-0.4, -0.2) is 36.1 Å². The standard InChI is InChI=1S/C19H27F3N2O3/c1-12(2)16(13-8-7-9-14(10-13)19(20,21)22)23-15(25)11-24(6)17(26)27-18(3,4)5/h7-10,12,16H,11H2,1-6H3,(H,23,25). The van der Waals surface area contributed by atoms with Crippen LogP contribution in [0.15, 0.2) is 24.3 Å². The molecule has 0 bridgehead atoms. The SMILES string of the molecule is CC(C)C(NC(=O)CN(C)C(=O)OC(C)(C)C)c1cccc(C(F)(F)F)c1. The Morgan fingerprint density at radius 2 is 1.78 bits per heavy atom. The zero-order valence-electron chi connectivity index (χ0n) is 16.5. The second-order valence-electron chi connectivity index (χ2n) is 7.75. The Hall–Kier alpha value is -2.25. The Balaban J connectivity index is 2.86. The van der Waals surface area contributed by atoms with Gasteiger partial charge in [0.15, 0.2) is 0 Å². The van der Waals surface area contributed by atoms with E-state index in [9.17, 15) is 22.8 Å². The fourth-order valence-electron chi connectivity index (χ4n) is 2.38. The Labute approximate surface area is 157 Å². The normalized spacial score (nSPS) is 13.3. The summed E-state index contributed by atoms with van der Waals surface area (Å²) in [5.74, 6) is -0.635. The van der Waals surface area contributed by atoms with Crippen LogP contribution in [0.25, 0.3) is 0 Å². The fourth-order valence-corrected chi connectivity index (χ4v) is 2.38. The molecule has 8 heteroatoms. The molecule has 0 fully saturated rings. The minimum Gasteiger partial charge on any atom is -0.444 e. The smallest absolute Gasteiger partial charge is 0.416 e. The van der Waals surface area contributed by atoms with Gasteiger partial charge in [-0.25, -0.2) is 4.79 Å². The lowest BCUT2D eigenvalue weighted by atomic mass is 9.94. The highest BCUT2D eigenvalue weighted by atomic mass is 19.4. The molecule has 152 valence electrons. The first-order valence-electron chi connectivity index (χ1n) is 8.61. The van der Waals surface area contributed by atoms with E-state index in [0.717, 1.165) is 17.0 Å².